The van der Waals surface area contributed by atoms with Gasteiger partial charge in [-0.1, -0.05) is 65.5 Å². The van der Waals surface area contributed by atoms with E-state index in [0.717, 1.165) is 15.9 Å². The molecule has 0 unspecified atom stereocenters. The van der Waals surface area contributed by atoms with E-state index in [1.165, 1.54) is 0 Å². The van der Waals surface area contributed by atoms with Gasteiger partial charge in [0.25, 0.3) is 17.6 Å². The molecule has 0 saturated heterocycles. The van der Waals surface area contributed by atoms with Gasteiger partial charge in [0.05, 0.1) is 5.75 Å². The van der Waals surface area contributed by atoms with Crippen LogP contribution in [0.15, 0.2) is 91.0 Å². The molecule has 0 atom stereocenters. The first-order valence-corrected chi connectivity index (χ1v) is 11.9. The Hall–Kier alpha value is -2.00. The van der Waals surface area contributed by atoms with Gasteiger partial charge in [-0.15, -0.1) is 0 Å². The highest BCUT2D eigenvalue weighted by Crippen LogP contribution is 2.57. The van der Waals surface area contributed by atoms with E-state index in [9.17, 15) is 8.42 Å². The smallest absolute Gasteiger partial charge is 0.196 e. The molecule has 26 heavy (non-hydrogen) atoms. The van der Waals surface area contributed by atoms with Crippen molar-refractivity contribution in [3.8, 4) is 0 Å². The Kier molecular flexibility index (Phi) is 5.87. The fourth-order valence-electron chi connectivity index (χ4n) is 2.95. The molecule has 134 valence electrons. The van der Waals surface area contributed by atoms with Crippen molar-refractivity contribution in [3.63, 3.8) is 0 Å². The molecule has 3 nitrogen and oxygen atoms in total. The maximum Gasteiger partial charge on any atom is 0.300 e. The molecule has 0 fully saturated rings. The van der Waals surface area contributed by atoms with E-state index in [1.807, 2.05) is 97.9 Å². The van der Waals surface area contributed by atoms with E-state index in [2.05, 4.69) is 0 Å². The predicted octanol–water partition coefficient (Wildman–Crippen LogP) is 3.65. The minimum atomic E-state index is -3.68. The van der Waals surface area contributed by atoms with Gasteiger partial charge in [0, 0.05) is 0 Å². The molecule has 0 aliphatic heterocycles. The zero-order valence-electron chi connectivity index (χ0n) is 14.7. The topological polar surface area (TPSA) is 43.4 Å². The third kappa shape index (κ3) is 3.88. The molecular formula is C21H22O3PS+. The van der Waals surface area contributed by atoms with Crippen molar-refractivity contribution in [1.29, 1.82) is 0 Å². The van der Waals surface area contributed by atoms with Gasteiger partial charge in [0.2, 0.25) is 0 Å². The lowest BCUT2D eigenvalue weighted by Gasteiger charge is -2.24. The molecule has 0 aromatic heterocycles. The molecule has 3 aromatic rings. The molecule has 3 rings (SSSR count). The van der Waals surface area contributed by atoms with Crippen LogP contribution in [-0.2, 0) is 14.1 Å². The van der Waals surface area contributed by atoms with E-state index >= 15 is 0 Å². The van der Waals surface area contributed by atoms with Gasteiger partial charge in [0.1, 0.15) is 15.9 Å². The predicted molar refractivity (Wildman–Crippen MR) is 110 cm³/mol. The first-order valence-electron chi connectivity index (χ1n) is 8.58. The second-order valence-electron chi connectivity index (χ2n) is 5.95. The van der Waals surface area contributed by atoms with Gasteiger partial charge < -0.3 is 0 Å². The molecule has 0 bridgehead atoms. The van der Waals surface area contributed by atoms with Gasteiger partial charge in [-0.05, 0) is 42.8 Å². The van der Waals surface area contributed by atoms with E-state index in [4.69, 9.17) is 3.97 Å². The van der Waals surface area contributed by atoms with E-state index in [0.29, 0.717) is 6.42 Å². The quantitative estimate of drug-likeness (QED) is 0.583. The van der Waals surface area contributed by atoms with Crippen LogP contribution in [-0.4, -0.2) is 14.2 Å². The van der Waals surface area contributed by atoms with E-state index in [1.54, 1.807) is 0 Å². The second kappa shape index (κ2) is 8.13. The van der Waals surface area contributed by atoms with Crippen molar-refractivity contribution in [3.05, 3.63) is 91.0 Å². The zero-order chi connectivity index (χ0) is 18.5. The Morgan fingerprint density at radius 2 is 1.04 bits per heavy atom. The first kappa shape index (κ1) is 18.8. The van der Waals surface area contributed by atoms with Crippen LogP contribution in [0, 0.1) is 0 Å². The molecule has 0 saturated carbocycles. The Labute approximate surface area is 156 Å². The molecule has 5 heteroatoms. The summed E-state index contributed by atoms with van der Waals surface area (Å²) < 4.78 is 31.7. The van der Waals surface area contributed by atoms with Crippen molar-refractivity contribution in [2.75, 3.05) is 5.75 Å². The fraction of sp³-hybridized carbons (Fsp3) is 0.143. The van der Waals surface area contributed by atoms with Crippen LogP contribution in [0.2, 0.25) is 0 Å². The van der Waals surface area contributed by atoms with E-state index < -0.39 is 17.6 Å². The monoisotopic (exact) mass is 385 g/mol. The van der Waals surface area contributed by atoms with Crippen molar-refractivity contribution < 1.29 is 12.4 Å². The molecule has 3 aromatic carbocycles. The highest BCUT2D eigenvalue weighted by atomic mass is 32.2. The van der Waals surface area contributed by atoms with Crippen molar-refractivity contribution in [2.45, 2.75) is 13.3 Å². The minimum absolute atomic E-state index is 0.00124. The third-order valence-electron chi connectivity index (χ3n) is 4.04. The summed E-state index contributed by atoms with van der Waals surface area (Å²) in [5, 5.41) is 2.66. The average Bonchev–Trinajstić information content (AvgIpc) is 2.68. The summed E-state index contributed by atoms with van der Waals surface area (Å²) in [5.74, 6) is 0.00124. The van der Waals surface area contributed by atoms with Gasteiger partial charge in [-0.25, -0.2) is 0 Å². The highest BCUT2D eigenvalue weighted by Gasteiger charge is 2.52. The summed E-state index contributed by atoms with van der Waals surface area (Å²) in [6, 6.07) is 29.0. The number of rotatable bonds is 7. The van der Waals surface area contributed by atoms with Crippen LogP contribution in [0.5, 0.6) is 0 Å². The Morgan fingerprint density at radius 3 is 1.35 bits per heavy atom. The van der Waals surface area contributed by atoms with Crippen molar-refractivity contribution >= 4 is 33.5 Å². The van der Waals surface area contributed by atoms with Crippen LogP contribution in [0.3, 0.4) is 0 Å². The standard InChI is InChI=1S/C21H22O3PS/c1-2-18-26(22,23)24-25(19-12-6-3-7-13-19,20-14-8-4-9-15-20)21-16-10-5-11-17-21/h3-17H,2,18H2,1H3/q+1. The van der Waals surface area contributed by atoms with Crippen molar-refractivity contribution in [2.24, 2.45) is 0 Å². The summed E-state index contributed by atoms with van der Waals surface area (Å²) in [5.41, 5.74) is 0. The maximum absolute atomic E-state index is 12.8. The van der Waals surface area contributed by atoms with Gasteiger partial charge in [-0.3, -0.25) is 0 Å². The highest BCUT2D eigenvalue weighted by molar-refractivity contribution is 8.01. The minimum Gasteiger partial charge on any atom is -0.196 e. The van der Waals surface area contributed by atoms with Crippen molar-refractivity contribution in [1.82, 2.24) is 0 Å². The molecule has 0 spiro atoms. The normalized spacial score (nSPS) is 12.0. The molecule has 0 aliphatic rings. The Morgan fingerprint density at radius 1 is 0.692 bits per heavy atom. The van der Waals surface area contributed by atoms with Gasteiger partial charge >= 0.3 is 0 Å². The third-order valence-corrected chi connectivity index (χ3v) is 9.83. The summed E-state index contributed by atoms with van der Waals surface area (Å²) in [6.07, 6.45) is 0.515. The maximum atomic E-state index is 12.8. The lowest BCUT2D eigenvalue weighted by molar-refractivity contribution is 0.508. The molecule has 0 amide bonds. The SMILES string of the molecule is CCCS(=O)(=O)O[P+](c1ccccc1)(c1ccccc1)c1ccccc1. The summed E-state index contributed by atoms with van der Waals surface area (Å²) in [4.78, 5) is 0. The molecule has 0 radical (unpaired) electrons. The molecule has 0 N–H and O–H groups in total. The molecular weight excluding hydrogens is 363 g/mol. The Balaban J connectivity index is 2.32. The van der Waals surface area contributed by atoms with Gasteiger partial charge in [-0.2, -0.15) is 8.42 Å². The number of benzene rings is 3. The van der Waals surface area contributed by atoms with Crippen LogP contribution < -0.4 is 15.9 Å². The summed E-state index contributed by atoms with van der Waals surface area (Å²) in [7, 11) is -6.48. The van der Waals surface area contributed by atoms with Crippen LogP contribution >= 0.6 is 7.49 Å². The lowest BCUT2D eigenvalue weighted by Crippen LogP contribution is -2.34. The first-order chi connectivity index (χ1) is 12.6. The summed E-state index contributed by atoms with van der Waals surface area (Å²) in [6.45, 7) is 1.84. The van der Waals surface area contributed by atoms with Gasteiger partial charge in [0.15, 0.2) is 0 Å². The van der Waals surface area contributed by atoms with Crippen LogP contribution in [0.1, 0.15) is 13.3 Å². The lowest BCUT2D eigenvalue weighted by atomic mass is 10.4. The number of hydrogen-bond donors (Lipinski definition) is 0. The van der Waals surface area contributed by atoms with E-state index in [-0.39, 0.29) is 5.75 Å². The Bertz CT molecular complexity index is 830. The van der Waals surface area contributed by atoms with Crippen LogP contribution in [0.4, 0.5) is 0 Å². The summed E-state index contributed by atoms with van der Waals surface area (Å²) >= 11 is 0. The average molecular weight is 385 g/mol. The van der Waals surface area contributed by atoms with Crippen LogP contribution in [0.25, 0.3) is 0 Å². The molecule has 0 heterocycles. The zero-order valence-corrected chi connectivity index (χ0v) is 16.4. The molecule has 0 aliphatic carbocycles. The second-order valence-corrected chi connectivity index (χ2v) is 10.8. The number of hydrogen-bond acceptors (Lipinski definition) is 3. The largest absolute Gasteiger partial charge is 0.300 e. The fourth-order valence-corrected chi connectivity index (χ4v) is 8.81.